The Morgan fingerprint density at radius 2 is 2.05 bits per heavy atom. The van der Waals surface area contributed by atoms with Gasteiger partial charge >= 0.3 is 12.0 Å². The van der Waals surface area contributed by atoms with Crippen LogP contribution in [0.3, 0.4) is 0 Å². The number of amides is 3. The molecular weight excluding hydrogens is 264 g/mol. The van der Waals surface area contributed by atoms with Crippen LogP contribution < -0.4 is 16.8 Å². The van der Waals surface area contributed by atoms with Crippen LogP contribution in [0.25, 0.3) is 0 Å². The van der Waals surface area contributed by atoms with Crippen molar-refractivity contribution in [3.05, 3.63) is 0 Å². The summed E-state index contributed by atoms with van der Waals surface area (Å²) in [5.74, 6) is -1.32. The van der Waals surface area contributed by atoms with Crippen LogP contribution in [0.1, 0.15) is 32.1 Å². The zero-order valence-corrected chi connectivity index (χ0v) is 11.4. The first-order valence-electron chi connectivity index (χ1n) is 6.75. The molecule has 0 bridgehead atoms. The summed E-state index contributed by atoms with van der Waals surface area (Å²) in [5.41, 5.74) is 10.7. The van der Waals surface area contributed by atoms with Gasteiger partial charge in [-0.05, 0) is 32.1 Å². The number of rotatable bonds is 6. The van der Waals surface area contributed by atoms with E-state index in [1.807, 2.05) is 0 Å². The van der Waals surface area contributed by atoms with E-state index in [9.17, 15) is 14.4 Å². The van der Waals surface area contributed by atoms with Gasteiger partial charge in [-0.25, -0.2) is 9.59 Å². The molecule has 0 aromatic rings. The topological polar surface area (TPSA) is 139 Å². The minimum Gasteiger partial charge on any atom is -0.480 e. The van der Waals surface area contributed by atoms with Gasteiger partial charge in [0, 0.05) is 13.1 Å². The van der Waals surface area contributed by atoms with E-state index in [4.69, 9.17) is 16.6 Å². The maximum absolute atomic E-state index is 12.2. The molecule has 1 heterocycles. The lowest BCUT2D eigenvalue weighted by Gasteiger charge is -2.34. The van der Waals surface area contributed by atoms with E-state index in [1.165, 1.54) is 4.90 Å². The minimum absolute atomic E-state index is 0.337. The van der Waals surface area contributed by atoms with Crippen LogP contribution in [0.4, 0.5) is 4.79 Å². The van der Waals surface area contributed by atoms with Crippen molar-refractivity contribution in [1.29, 1.82) is 0 Å². The number of nitrogens with zero attached hydrogens (tertiary/aromatic N) is 1. The normalized spacial score (nSPS) is 20.2. The number of piperidine rings is 1. The van der Waals surface area contributed by atoms with E-state index in [1.54, 1.807) is 0 Å². The zero-order valence-electron chi connectivity index (χ0n) is 11.4. The van der Waals surface area contributed by atoms with E-state index in [2.05, 4.69) is 5.32 Å². The molecule has 1 rings (SSSR count). The third kappa shape index (κ3) is 4.69. The number of likely N-dealkylation sites (tertiary alicyclic amines) is 1. The molecule has 8 heteroatoms. The van der Waals surface area contributed by atoms with Crippen molar-refractivity contribution in [2.24, 2.45) is 11.5 Å². The van der Waals surface area contributed by atoms with E-state index in [-0.39, 0.29) is 5.91 Å². The number of aliphatic carboxylic acids is 1. The standard InChI is InChI=1S/C12H22N4O4/c13-8(4-3-6-15-12(14)20)10(17)16-7-2-1-5-9(16)11(18)19/h8-9H,1-7,13H2,(H,18,19)(H3,14,15,20)/t8-,9-/m0/s1. The van der Waals surface area contributed by atoms with Crippen LogP contribution in [0, 0.1) is 0 Å². The summed E-state index contributed by atoms with van der Waals surface area (Å²) in [5, 5.41) is 11.5. The van der Waals surface area contributed by atoms with Crippen LogP contribution in [-0.4, -0.2) is 53.1 Å². The Morgan fingerprint density at radius 1 is 1.35 bits per heavy atom. The fourth-order valence-electron chi connectivity index (χ4n) is 2.32. The molecule has 0 spiro atoms. The van der Waals surface area contributed by atoms with Crippen LogP contribution in [-0.2, 0) is 9.59 Å². The number of carboxylic acid groups (broad SMARTS) is 1. The second-order valence-electron chi connectivity index (χ2n) is 4.92. The molecule has 1 fully saturated rings. The SMILES string of the molecule is NC(=O)NCCC[C@H](N)C(=O)N1CCCC[C@H]1C(=O)O. The molecule has 1 saturated heterocycles. The Balaban J connectivity index is 2.45. The highest BCUT2D eigenvalue weighted by molar-refractivity contribution is 5.87. The number of carbonyl (C=O) groups excluding carboxylic acids is 2. The Morgan fingerprint density at radius 3 is 2.65 bits per heavy atom. The van der Waals surface area contributed by atoms with E-state index < -0.39 is 24.1 Å². The summed E-state index contributed by atoms with van der Waals surface area (Å²) in [6.45, 7) is 0.779. The molecule has 0 radical (unpaired) electrons. The molecule has 0 aromatic carbocycles. The molecule has 1 aliphatic heterocycles. The van der Waals surface area contributed by atoms with Crippen LogP contribution in [0.2, 0.25) is 0 Å². The Kier molecular flexibility index (Phi) is 6.23. The Hall–Kier alpha value is -1.83. The van der Waals surface area contributed by atoms with Gasteiger partial charge in [-0.2, -0.15) is 0 Å². The fraction of sp³-hybridized carbons (Fsp3) is 0.750. The smallest absolute Gasteiger partial charge is 0.326 e. The first-order valence-corrected chi connectivity index (χ1v) is 6.75. The van der Waals surface area contributed by atoms with Crippen molar-refractivity contribution in [3.63, 3.8) is 0 Å². The van der Waals surface area contributed by atoms with Crippen molar-refractivity contribution >= 4 is 17.9 Å². The van der Waals surface area contributed by atoms with Crippen molar-refractivity contribution in [2.75, 3.05) is 13.1 Å². The number of nitrogens with one attached hydrogen (secondary N) is 1. The van der Waals surface area contributed by atoms with Gasteiger partial charge in [-0.3, -0.25) is 4.79 Å². The van der Waals surface area contributed by atoms with Gasteiger partial charge in [0.05, 0.1) is 6.04 Å². The molecule has 0 aromatic heterocycles. The molecule has 0 saturated carbocycles. The zero-order chi connectivity index (χ0) is 15.1. The summed E-state index contributed by atoms with van der Waals surface area (Å²) in [4.78, 5) is 35.1. The van der Waals surface area contributed by atoms with Gasteiger partial charge < -0.3 is 26.8 Å². The molecule has 3 amide bonds. The maximum Gasteiger partial charge on any atom is 0.326 e. The highest BCUT2D eigenvalue weighted by atomic mass is 16.4. The number of carboxylic acids is 1. The predicted molar refractivity (Wildman–Crippen MR) is 71.8 cm³/mol. The van der Waals surface area contributed by atoms with Gasteiger partial charge in [0.2, 0.25) is 5.91 Å². The predicted octanol–water partition coefficient (Wildman–Crippen LogP) is -0.772. The number of primary amides is 1. The lowest BCUT2D eigenvalue weighted by molar-refractivity contribution is -0.152. The minimum atomic E-state index is -0.986. The summed E-state index contributed by atoms with van der Waals surface area (Å²) in [6, 6.07) is -2.14. The largest absolute Gasteiger partial charge is 0.480 e. The second-order valence-corrected chi connectivity index (χ2v) is 4.92. The average Bonchev–Trinajstić information content (AvgIpc) is 2.42. The van der Waals surface area contributed by atoms with Crippen LogP contribution in [0.5, 0.6) is 0 Å². The molecule has 114 valence electrons. The number of hydrogen-bond donors (Lipinski definition) is 4. The van der Waals surface area contributed by atoms with E-state index in [0.29, 0.717) is 32.4 Å². The van der Waals surface area contributed by atoms with Crippen molar-refractivity contribution < 1.29 is 19.5 Å². The second kappa shape index (κ2) is 7.68. The number of urea groups is 1. The molecule has 8 nitrogen and oxygen atoms in total. The number of carbonyl (C=O) groups is 3. The Labute approximate surface area is 117 Å². The molecule has 0 aliphatic carbocycles. The monoisotopic (exact) mass is 286 g/mol. The van der Waals surface area contributed by atoms with Gasteiger partial charge in [0.1, 0.15) is 6.04 Å². The quantitative estimate of drug-likeness (QED) is 0.475. The van der Waals surface area contributed by atoms with E-state index in [0.717, 1.165) is 12.8 Å². The molecular formula is C12H22N4O4. The third-order valence-corrected chi connectivity index (χ3v) is 3.38. The maximum atomic E-state index is 12.2. The average molecular weight is 286 g/mol. The molecule has 6 N–H and O–H groups in total. The fourth-order valence-corrected chi connectivity index (χ4v) is 2.32. The summed E-state index contributed by atoms with van der Waals surface area (Å²) in [6.07, 6.45) is 2.96. The van der Waals surface area contributed by atoms with Gasteiger partial charge in [0.25, 0.3) is 0 Å². The first-order chi connectivity index (χ1) is 9.43. The highest BCUT2D eigenvalue weighted by Crippen LogP contribution is 2.18. The lowest BCUT2D eigenvalue weighted by Crippen LogP contribution is -2.53. The van der Waals surface area contributed by atoms with Crippen molar-refractivity contribution in [2.45, 2.75) is 44.2 Å². The van der Waals surface area contributed by atoms with Gasteiger partial charge in [-0.1, -0.05) is 0 Å². The lowest BCUT2D eigenvalue weighted by atomic mass is 10.00. The third-order valence-electron chi connectivity index (χ3n) is 3.38. The van der Waals surface area contributed by atoms with Gasteiger partial charge in [-0.15, -0.1) is 0 Å². The highest BCUT2D eigenvalue weighted by Gasteiger charge is 2.33. The summed E-state index contributed by atoms with van der Waals surface area (Å²) >= 11 is 0. The molecule has 2 atom stereocenters. The van der Waals surface area contributed by atoms with Crippen molar-refractivity contribution in [3.8, 4) is 0 Å². The van der Waals surface area contributed by atoms with Crippen LogP contribution >= 0.6 is 0 Å². The number of nitrogens with two attached hydrogens (primary N) is 2. The summed E-state index contributed by atoms with van der Waals surface area (Å²) in [7, 11) is 0. The summed E-state index contributed by atoms with van der Waals surface area (Å²) < 4.78 is 0. The first kappa shape index (κ1) is 16.2. The number of hydrogen-bond acceptors (Lipinski definition) is 4. The van der Waals surface area contributed by atoms with Crippen molar-refractivity contribution in [1.82, 2.24) is 10.2 Å². The Bertz CT molecular complexity index is 374. The molecule has 1 aliphatic rings. The van der Waals surface area contributed by atoms with Crippen LogP contribution in [0.15, 0.2) is 0 Å². The van der Waals surface area contributed by atoms with Gasteiger partial charge in [0.15, 0.2) is 0 Å². The molecule has 20 heavy (non-hydrogen) atoms. The van der Waals surface area contributed by atoms with E-state index >= 15 is 0 Å². The molecule has 0 unspecified atom stereocenters.